The largest absolute Gasteiger partial charge is 0.354 e. The molecule has 7 nitrogen and oxygen atoms in total. The summed E-state index contributed by atoms with van der Waals surface area (Å²) in [6.45, 7) is 2.46. The van der Waals surface area contributed by atoms with E-state index in [-0.39, 0.29) is 24.9 Å². The Balaban J connectivity index is 0.00000242. The lowest BCUT2D eigenvalue weighted by Crippen LogP contribution is -2.41. The zero-order valence-electron chi connectivity index (χ0n) is 12.2. The van der Waals surface area contributed by atoms with Crippen molar-refractivity contribution in [2.75, 3.05) is 13.1 Å². The summed E-state index contributed by atoms with van der Waals surface area (Å²) in [6.07, 6.45) is 0. The number of aromatic nitrogens is 2. The minimum absolute atomic E-state index is 0. The number of benzene rings is 1. The maximum Gasteiger partial charge on any atom is 0.329 e. The van der Waals surface area contributed by atoms with Crippen molar-refractivity contribution in [1.29, 1.82) is 0 Å². The Morgan fingerprint density at radius 1 is 1.36 bits per heavy atom. The summed E-state index contributed by atoms with van der Waals surface area (Å²) in [5.41, 5.74) is 4.85. The Morgan fingerprint density at radius 3 is 2.73 bits per heavy atom. The van der Waals surface area contributed by atoms with Crippen molar-refractivity contribution in [3.63, 3.8) is 0 Å². The van der Waals surface area contributed by atoms with E-state index in [0.717, 1.165) is 4.57 Å². The van der Waals surface area contributed by atoms with E-state index in [1.807, 2.05) is 6.92 Å². The molecule has 4 N–H and O–H groups in total. The first kappa shape index (κ1) is 17.9. The molecular weight excluding hydrogens is 308 g/mol. The lowest BCUT2D eigenvalue weighted by atomic mass is 10.2. The van der Waals surface area contributed by atoms with Gasteiger partial charge in [-0.2, -0.15) is 0 Å². The summed E-state index contributed by atoms with van der Waals surface area (Å²) < 4.78 is 0.894. The minimum Gasteiger partial charge on any atom is -0.354 e. The molecule has 0 aliphatic rings. The second-order valence-electron chi connectivity index (χ2n) is 5.01. The average molecular weight is 327 g/mol. The Kier molecular flexibility index (Phi) is 6.33. The number of hydrogen-bond acceptors (Lipinski definition) is 4. The SMILES string of the molecule is CC(CN)CNC(=O)Cn1c(=O)[nH]c2ccccc2c1=O.Cl. The van der Waals surface area contributed by atoms with Gasteiger partial charge in [0.2, 0.25) is 5.91 Å². The van der Waals surface area contributed by atoms with Crippen molar-refractivity contribution in [3.8, 4) is 0 Å². The highest BCUT2D eigenvalue weighted by Crippen LogP contribution is 2.02. The van der Waals surface area contributed by atoms with Gasteiger partial charge in [0.15, 0.2) is 0 Å². The van der Waals surface area contributed by atoms with Crippen LogP contribution in [0.3, 0.4) is 0 Å². The number of hydrogen-bond donors (Lipinski definition) is 3. The van der Waals surface area contributed by atoms with Crippen molar-refractivity contribution in [1.82, 2.24) is 14.9 Å². The van der Waals surface area contributed by atoms with Crippen LogP contribution >= 0.6 is 12.4 Å². The number of halogens is 1. The van der Waals surface area contributed by atoms with Crippen molar-refractivity contribution in [2.45, 2.75) is 13.5 Å². The smallest absolute Gasteiger partial charge is 0.329 e. The summed E-state index contributed by atoms with van der Waals surface area (Å²) in [7, 11) is 0. The van der Waals surface area contributed by atoms with Crippen LogP contribution < -0.4 is 22.3 Å². The maximum atomic E-state index is 12.2. The molecule has 22 heavy (non-hydrogen) atoms. The third-order valence-electron chi connectivity index (χ3n) is 3.24. The van der Waals surface area contributed by atoms with E-state index in [0.29, 0.717) is 24.0 Å². The van der Waals surface area contributed by atoms with Crippen molar-refractivity contribution in [3.05, 3.63) is 45.1 Å². The summed E-state index contributed by atoms with van der Waals surface area (Å²) in [5.74, 6) is -0.251. The minimum atomic E-state index is -0.597. The van der Waals surface area contributed by atoms with Crippen molar-refractivity contribution >= 4 is 29.2 Å². The summed E-state index contributed by atoms with van der Waals surface area (Å²) in [6, 6.07) is 6.68. The fraction of sp³-hybridized carbons (Fsp3) is 0.357. The monoisotopic (exact) mass is 326 g/mol. The van der Waals surface area contributed by atoms with Gasteiger partial charge in [0.25, 0.3) is 5.56 Å². The number of nitrogens with two attached hydrogens (primary N) is 1. The molecular formula is C14H19ClN4O3. The molecule has 1 aromatic heterocycles. The topological polar surface area (TPSA) is 110 Å². The first-order valence-electron chi connectivity index (χ1n) is 6.71. The van der Waals surface area contributed by atoms with E-state index in [1.54, 1.807) is 24.3 Å². The number of H-pyrrole nitrogens is 1. The van der Waals surface area contributed by atoms with Crippen LogP contribution in [0.1, 0.15) is 6.92 Å². The predicted octanol–water partition coefficient (Wildman–Crippen LogP) is -0.177. The summed E-state index contributed by atoms with van der Waals surface area (Å²) in [5, 5.41) is 3.03. The van der Waals surface area contributed by atoms with E-state index in [1.165, 1.54) is 0 Å². The van der Waals surface area contributed by atoms with Crippen LogP contribution in [0, 0.1) is 5.92 Å². The molecule has 120 valence electrons. The number of nitrogens with zero attached hydrogens (tertiary/aromatic N) is 1. The number of fused-ring (bicyclic) bond motifs is 1. The molecule has 1 heterocycles. The molecule has 2 aromatic rings. The number of carbonyl (C=O) groups excluding carboxylic acids is 1. The molecule has 1 atom stereocenters. The summed E-state index contributed by atoms with van der Waals surface area (Å²) >= 11 is 0. The zero-order chi connectivity index (χ0) is 15.4. The second kappa shape index (κ2) is 7.77. The molecule has 0 aliphatic heterocycles. The first-order chi connectivity index (χ1) is 10.0. The second-order valence-corrected chi connectivity index (χ2v) is 5.01. The quantitative estimate of drug-likeness (QED) is 0.708. The number of carbonyl (C=O) groups is 1. The molecule has 0 radical (unpaired) electrons. The molecule has 1 unspecified atom stereocenters. The van der Waals surface area contributed by atoms with Gasteiger partial charge in [0.1, 0.15) is 6.54 Å². The molecule has 0 aliphatic carbocycles. The van der Waals surface area contributed by atoms with Crippen LogP contribution in [0.5, 0.6) is 0 Å². The average Bonchev–Trinajstić information content (AvgIpc) is 2.49. The van der Waals surface area contributed by atoms with Gasteiger partial charge >= 0.3 is 5.69 Å². The molecule has 0 saturated heterocycles. The Labute approximate surface area is 132 Å². The molecule has 0 saturated carbocycles. The highest BCUT2D eigenvalue weighted by Gasteiger charge is 2.11. The number of para-hydroxylation sites is 1. The van der Waals surface area contributed by atoms with Gasteiger partial charge < -0.3 is 16.0 Å². The van der Waals surface area contributed by atoms with Crippen LogP contribution in [0.2, 0.25) is 0 Å². The van der Waals surface area contributed by atoms with E-state index in [2.05, 4.69) is 10.3 Å². The molecule has 8 heteroatoms. The number of amides is 1. The van der Waals surface area contributed by atoms with E-state index >= 15 is 0 Å². The molecule has 2 rings (SSSR count). The van der Waals surface area contributed by atoms with E-state index < -0.39 is 17.2 Å². The Hall–Kier alpha value is -2.12. The third-order valence-corrected chi connectivity index (χ3v) is 3.24. The third kappa shape index (κ3) is 3.96. The highest BCUT2D eigenvalue weighted by atomic mass is 35.5. The molecule has 0 spiro atoms. The van der Waals surface area contributed by atoms with Crippen LogP contribution in [-0.2, 0) is 11.3 Å². The van der Waals surface area contributed by atoms with Crippen LogP contribution in [0.4, 0.5) is 0 Å². The van der Waals surface area contributed by atoms with Crippen molar-refractivity contribution < 1.29 is 4.79 Å². The van der Waals surface area contributed by atoms with Gasteiger partial charge in [0.05, 0.1) is 10.9 Å². The normalized spacial score (nSPS) is 11.7. The Morgan fingerprint density at radius 2 is 2.05 bits per heavy atom. The van der Waals surface area contributed by atoms with Crippen LogP contribution in [0.15, 0.2) is 33.9 Å². The fourth-order valence-electron chi connectivity index (χ4n) is 1.91. The van der Waals surface area contributed by atoms with Gasteiger partial charge in [0, 0.05) is 6.54 Å². The van der Waals surface area contributed by atoms with Crippen LogP contribution in [0.25, 0.3) is 10.9 Å². The lowest BCUT2D eigenvalue weighted by molar-refractivity contribution is -0.121. The zero-order valence-corrected chi connectivity index (χ0v) is 13.0. The summed E-state index contributed by atoms with van der Waals surface area (Å²) in [4.78, 5) is 38.5. The molecule has 0 bridgehead atoms. The molecule has 1 aromatic carbocycles. The lowest BCUT2D eigenvalue weighted by Gasteiger charge is -2.11. The van der Waals surface area contributed by atoms with Gasteiger partial charge in [-0.3, -0.25) is 14.2 Å². The fourth-order valence-corrected chi connectivity index (χ4v) is 1.91. The predicted molar refractivity (Wildman–Crippen MR) is 87.3 cm³/mol. The number of rotatable bonds is 5. The van der Waals surface area contributed by atoms with Gasteiger partial charge in [-0.25, -0.2) is 4.79 Å². The van der Waals surface area contributed by atoms with Gasteiger partial charge in [-0.1, -0.05) is 19.1 Å². The number of nitrogens with one attached hydrogen (secondary N) is 2. The maximum absolute atomic E-state index is 12.2. The van der Waals surface area contributed by atoms with E-state index in [4.69, 9.17) is 5.73 Å². The highest BCUT2D eigenvalue weighted by molar-refractivity contribution is 5.85. The first-order valence-corrected chi connectivity index (χ1v) is 6.71. The van der Waals surface area contributed by atoms with Gasteiger partial charge in [-0.15, -0.1) is 12.4 Å². The van der Waals surface area contributed by atoms with E-state index in [9.17, 15) is 14.4 Å². The molecule has 0 fully saturated rings. The van der Waals surface area contributed by atoms with Crippen molar-refractivity contribution in [2.24, 2.45) is 11.7 Å². The van der Waals surface area contributed by atoms with Crippen LogP contribution in [-0.4, -0.2) is 28.5 Å². The number of aromatic amines is 1. The molecule has 1 amide bonds. The standard InChI is InChI=1S/C14H18N4O3.ClH/c1-9(6-15)7-16-12(19)8-18-13(20)10-4-2-3-5-11(10)17-14(18)21;/h2-5,9H,6-8,15H2,1H3,(H,16,19)(H,17,21);1H. The Bertz CT molecular complexity index is 769. The van der Waals surface area contributed by atoms with Gasteiger partial charge in [-0.05, 0) is 24.6 Å².